The summed E-state index contributed by atoms with van der Waals surface area (Å²) in [6.07, 6.45) is 1.81. The van der Waals surface area contributed by atoms with Crippen molar-refractivity contribution in [3.05, 3.63) is 59.2 Å². The molecule has 0 heterocycles. The van der Waals surface area contributed by atoms with E-state index < -0.39 is 28.5 Å². The third kappa shape index (κ3) is 7.21. The summed E-state index contributed by atoms with van der Waals surface area (Å²) >= 11 is 0. The molecule has 0 fully saturated rings. The van der Waals surface area contributed by atoms with Gasteiger partial charge in [0.2, 0.25) is 21.8 Å². The standard InChI is InChI=1S/C25H35N3O5S/c1-7-13-26-25(30)20(4)27(16-21-10-8-9-18(2)14-21)24(29)17-28(34(6,31)32)22-15-19(3)11-12-23(22)33-5/h8-12,14-15,20H,7,13,16-17H2,1-6H3,(H,26,30)/t20-/m0/s1. The van der Waals surface area contributed by atoms with Crippen molar-refractivity contribution < 1.29 is 22.7 Å². The van der Waals surface area contributed by atoms with Crippen LogP contribution in [0, 0.1) is 13.8 Å². The Hall–Kier alpha value is -3.07. The van der Waals surface area contributed by atoms with Crippen LogP contribution in [-0.2, 0) is 26.2 Å². The minimum Gasteiger partial charge on any atom is -0.495 e. The molecule has 9 heteroatoms. The van der Waals surface area contributed by atoms with Crippen LogP contribution >= 0.6 is 0 Å². The Kier molecular flexibility index (Phi) is 9.49. The van der Waals surface area contributed by atoms with Crippen LogP contribution in [0.2, 0.25) is 0 Å². The second kappa shape index (κ2) is 11.9. The van der Waals surface area contributed by atoms with E-state index in [2.05, 4.69) is 5.32 Å². The summed E-state index contributed by atoms with van der Waals surface area (Å²) < 4.78 is 31.9. The number of amides is 2. The average molecular weight is 490 g/mol. The van der Waals surface area contributed by atoms with Gasteiger partial charge in [-0.2, -0.15) is 0 Å². The average Bonchev–Trinajstić information content (AvgIpc) is 2.78. The lowest BCUT2D eigenvalue weighted by atomic mass is 10.1. The van der Waals surface area contributed by atoms with Crippen LogP contribution in [0.25, 0.3) is 0 Å². The van der Waals surface area contributed by atoms with Crippen LogP contribution in [0.4, 0.5) is 5.69 Å². The number of ether oxygens (including phenoxy) is 1. The summed E-state index contributed by atoms with van der Waals surface area (Å²) in [4.78, 5) is 27.7. The van der Waals surface area contributed by atoms with Crippen molar-refractivity contribution in [2.75, 3.05) is 30.8 Å². The quantitative estimate of drug-likeness (QED) is 0.523. The number of aryl methyl sites for hydroxylation is 2. The Labute approximate surface area is 202 Å². The molecule has 0 aliphatic carbocycles. The fourth-order valence-electron chi connectivity index (χ4n) is 3.58. The lowest BCUT2D eigenvalue weighted by molar-refractivity contribution is -0.139. The van der Waals surface area contributed by atoms with Crippen LogP contribution < -0.4 is 14.4 Å². The van der Waals surface area contributed by atoms with Crippen LogP contribution in [-0.4, -0.2) is 57.6 Å². The van der Waals surface area contributed by atoms with E-state index in [0.29, 0.717) is 12.3 Å². The first-order valence-corrected chi connectivity index (χ1v) is 13.1. The van der Waals surface area contributed by atoms with Gasteiger partial charge in [-0.15, -0.1) is 0 Å². The third-order valence-electron chi connectivity index (χ3n) is 5.43. The molecule has 0 saturated carbocycles. The number of benzene rings is 2. The van der Waals surface area contributed by atoms with E-state index in [1.165, 1.54) is 12.0 Å². The molecule has 2 aromatic rings. The van der Waals surface area contributed by atoms with E-state index >= 15 is 0 Å². The molecule has 2 rings (SSSR count). The molecule has 34 heavy (non-hydrogen) atoms. The summed E-state index contributed by atoms with van der Waals surface area (Å²) in [5, 5.41) is 2.82. The topological polar surface area (TPSA) is 96.0 Å². The van der Waals surface area contributed by atoms with Gasteiger partial charge in [-0.05, 0) is 50.5 Å². The molecule has 0 aliphatic heterocycles. The zero-order valence-electron chi connectivity index (χ0n) is 20.8. The maximum absolute atomic E-state index is 13.6. The highest BCUT2D eigenvalue weighted by Gasteiger charge is 2.31. The van der Waals surface area contributed by atoms with Crippen LogP contribution in [0.5, 0.6) is 5.75 Å². The van der Waals surface area contributed by atoms with Gasteiger partial charge >= 0.3 is 0 Å². The first-order chi connectivity index (χ1) is 16.0. The number of hydrogen-bond acceptors (Lipinski definition) is 5. The Balaban J connectivity index is 2.45. The first kappa shape index (κ1) is 27.2. The van der Waals surface area contributed by atoms with Crippen molar-refractivity contribution in [3.63, 3.8) is 0 Å². The van der Waals surface area contributed by atoms with Crippen molar-refractivity contribution in [2.24, 2.45) is 0 Å². The second-order valence-electron chi connectivity index (χ2n) is 8.42. The molecular weight excluding hydrogens is 454 g/mol. The number of sulfonamides is 1. The highest BCUT2D eigenvalue weighted by molar-refractivity contribution is 7.92. The van der Waals surface area contributed by atoms with Crippen molar-refractivity contribution >= 4 is 27.5 Å². The molecule has 2 amide bonds. The van der Waals surface area contributed by atoms with Crippen LogP contribution in [0.15, 0.2) is 42.5 Å². The fraction of sp³-hybridized carbons (Fsp3) is 0.440. The third-order valence-corrected chi connectivity index (χ3v) is 6.56. The number of rotatable bonds is 11. The van der Waals surface area contributed by atoms with Crippen LogP contribution in [0.1, 0.15) is 37.0 Å². The molecule has 1 N–H and O–H groups in total. The lowest BCUT2D eigenvalue weighted by Gasteiger charge is -2.32. The van der Waals surface area contributed by atoms with Crippen LogP contribution in [0.3, 0.4) is 0 Å². The number of nitrogens with zero attached hydrogens (tertiary/aromatic N) is 2. The number of carbonyl (C=O) groups is 2. The molecule has 2 aromatic carbocycles. The van der Waals surface area contributed by atoms with Gasteiger partial charge in [-0.3, -0.25) is 13.9 Å². The zero-order valence-corrected chi connectivity index (χ0v) is 21.6. The van der Waals surface area contributed by atoms with Crippen molar-refractivity contribution in [3.8, 4) is 5.75 Å². The summed E-state index contributed by atoms with van der Waals surface area (Å²) in [6, 6.07) is 12.0. The molecule has 1 atom stereocenters. The summed E-state index contributed by atoms with van der Waals surface area (Å²) in [5.74, 6) is -0.445. The highest BCUT2D eigenvalue weighted by Crippen LogP contribution is 2.31. The summed E-state index contributed by atoms with van der Waals surface area (Å²) in [6.45, 7) is 7.57. The predicted molar refractivity (Wildman–Crippen MR) is 134 cm³/mol. The van der Waals surface area contributed by atoms with Gasteiger partial charge in [0.25, 0.3) is 0 Å². The number of methoxy groups -OCH3 is 1. The van der Waals surface area contributed by atoms with Gasteiger partial charge in [-0.25, -0.2) is 8.42 Å². The SMILES string of the molecule is CCCNC(=O)[C@H](C)N(Cc1cccc(C)c1)C(=O)CN(c1cc(C)ccc1OC)S(C)(=O)=O. The Morgan fingerprint density at radius 1 is 1.09 bits per heavy atom. The van der Waals surface area contributed by atoms with Gasteiger partial charge in [0.1, 0.15) is 18.3 Å². The van der Waals surface area contributed by atoms with Gasteiger partial charge in [0, 0.05) is 13.1 Å². The van der Waals surface area contributed by atoms with Gasteiger partial charge in [0.15, 0.2) is 0 Å². The predicted octanol–water partition coefficient (Wildman–Crippen LogP) is 3.02. The second-order valence-corrected chi connectivity index (χ2v) is 10.3. The normalized spacial score (nSPS) is 12.1. The summed E-state index contributed by atoms with van der Waals surface area (Å²) in [5.41, 5.74) is 2.97. The molecule has 0 aromatic heterocycles. The monoisotopic (exact) mass is 489 g/mol. The molecule has 0 aliphatic rings. The molecule has 0 spiro atoms. The zero-order chi connectivity index (χ0) is 25.5. The van der Waals surface area contributed by atoms with Crippen molar-refractivity contribution in [2.45, 2.75) is 46.7 Å². The maximum Gasteiger partial charge on any atom is 0.244 e. The minimum atomic E-state index is -3.83. The molecule has 0 bridgehead atoms. The molecule has 0 radical (unpaired) electrons. The Morgan fingerprint density at radius 3 is 2.35 bits per heavy atom. The summed E-state index contributed by atoms with van der Waals surface area (Å²) in [7, 11) is -2.39. The fourth-order valence-corrected chi connectivity index (χ4v) is 4.42. The molecule has 186 valence electrons. The number of nitrogens with one attached hydrogen (secondary N) is 1. The number of carbonyl (C=O) groups excluding carboxylic acids is 2. The highest BCUT2D eigenvalue weighted by atomic mass is 32.2. The van der Waals surface area contributed by atoms with Gasteiger partial charge in [0.05, 0.1) is 19.1 Å². The lowest BCUT2D eigenvalue weighted by Crippen LogP contribution is -2.51. The minimum absolute atomic E-state index is 0.170. The van der Waals surface area contributed by atoms with E-state index in [9.17, 15) is 18.0 Å². The Morgan fingerprint density at radius 2 is 1.76 bits per heavy atom. The van der Waals surface area contributed by atoms with Crippen molar-refractivity contribution in [1.29, 1.82) is 0 Å². The number of hydrogen-bond donors (Lipinski definition) is 1. The van der Waals surface area contributed by atoms with E-state index in [0.717, 1.165) is 33.7 Å². The molecule has 0 unspecified atom stereocenters. The smallest absolute Gasteiger partial charge is 0.244 e. The largest absolute Gasteiger partial charge is 0.495 e. The van der Waals surface area contributed by atoms with E-state index in [-0.39, 0.29) is 18.1 Å². The molecule has 0 saturated heterocycles. The van der Waals surface area contributed by atoms with Gasteiger partial charge in [-0.1, -0.05) is 42.8 Å². The van der Waals surface area contributed by atoms with E-state index in [4.69, 9.17) is 4.74 Å². The van der Waals surface area contributed by atoms with E-state index in [1.54, 1.807) is 25.1 Å². The molecular formula is C25H35N3O5S. The maximum atomic E-state index is 13.6. The molecule has 8 nitrogen and oxygen atoms in total. The Bertz CT molecular complexity index is 1120. The van der Waals surface area contributed by atoms with Gasteiger partial charge < -0.3 is 15.0 Å². The van der Waals surface area contributed by atoms with E-state index in [1.807, 2.05) is 45.0 Å². The van der Waals surface area contributed by atoms with Crippen molar-refractivity contribution in [1.82, 2.24) is 10.2 Å². The first-order valence-electron chi connectivity index (χ1n) is 11.2. The number of anilines is 1.